The Morgan fingerprint density at radius 1 is 0.933 bits per heavy atom. The average Bonchev–Trinajstić information content (AvgIpc) is 2.30. The van der Waals surface area contributed by atoms with Gasteiger partial charge in [-0.2, -0.15) is 0 Å². The van der Waals surface area contributed by atoms with Gasteiger partial charge in [0.15, 0.2) is 0 Å². The van der Waals surface area contributed by atoms with E-state index in [0.29, 0.717) is 5.69 Å². The largest absolute Gasteiger partial charge is 0.145 e. The van der Waals surface area contributed by atoms with Gasteiger partial charge in [-0.25, -0.2) is 0 Å². The molecule has 0 aliphatic heterocycles. The number of nitrogens with zero attached hydrogens (tertiary/aromatic N) is 1. The van der Waals surface area contributed by atoms with E-state index in [-0.39, 0.29) is 0 Å². The van der Waals surface area contributed by atoms with Crippen LogP contribution in [0.2, 0.25) is 0 Å². The zero-order chi connectivity index (χ0) is 10.7. The summed E-state index contributed by atoms with van der Waals surface area (Å²) in [7, 11) is 0. The van der Waals surface area contributed by atoms with Gasteiger partial charge in [-0.3, -0.25) is 0 Å². The molecule has 0 aliphatic rings. The van der Waals surface area contributed by atoms with E-state index in [4.69, 9.17) is 0 Å². The SMILES string of the molecule is Cc1ccccc1-c1ccc(N=O)cc1. The molecule has 0 bridgehead atoms. The maximum Gasteiger partial charge on any atom is 0.108 e. The highest BCUT2D eigenvalue weighted by atomic mass is 16.3. The first-order chi connectivity index (χ1) is 7.31. The van der Waals surface area contributed by atoms with Crippen LogP contribution < -0.4 is 0 Å². The number of hydrogen-bond donors (Lipinski definition) is 0. The first-order valence-corrected chi connectivity index (χ1v) is 4.80. The summed E-state index contributed by atoms with van der Waals surface area (Å²) in [6, 6.07) is 15.5. The van der Waals surface area contributed by atoms with Crippen molar-refractivity contribution in [3.8, 4) is 11.1 Å². The van der Waals surface area contributed by atoms with E-state index >= 15 is 0 Å². The van der Waals surface area contributed by atoms with E-state index < -0.39 is 0 Å². The zero-order valence-electron chi connectivity index (χ0n) is 8.47. The summed E-state index contributed by atoms with van der Waals surface area (Å²) in [6.45, 7) is 2.07. The van der Waals surface area contributed by atoms with Gasteiger partial charge in [0, 0.05) is 0 Å². The lowest BCUT2D eigenvalue weighted by atomic mass is 10.0. The monoisotopic (exact) mass is 197 g/mol. The second-order valence-corrected chi connectivity index (χ2v) is 3.45. The fourth-order valence-corrected chi connectivity index (χ4v) is 1.60. The summed E-state index contributed by atoms with van der Waals surface area (Å²) in [6.07, 6.45) is 0. The van der Waals surface area contributed by atoms with Crippen molar-refractivity contribution in [1.82, 2.24) is 0 Å². The Morgan fingerprint density at radius 3 is 2.20 bits per heavy atom. The van der Waals surface area contributed by atoms with Crippen molar-refractivity contribution in [1.29, 1.82) is 0 Å². The van der Waals surface area contributed by atoms with E-state index in [1.165, 1.54) is 11.1 Å². The molecule has 0 radical (unpaired) electrons. The van der Waals surface area contributed by atoms with Crippen molar-refractivity contribution in [3.63, 3.8) is 0 Å². The Hall–Kier alpha value is -1.96. The van der Waals surface area contributed by atoms with Crippen LogP contribution in [-0.4, -0.2) is 0 Å². The second kappa shape index (κ2) is 4.05. The summed E-state index contributed by atoms with van der Waals surface area (Å²) >= 11 is 0. The van der Waals surface area contributed by atoms with E-state index in [2.05, 4.69) is 24.2 Å². The number of nitroso groups, excluding NO2 is 1. The molecular weight excluding hydrogens is 186 g/mol. The summed E-state index contributed by atoms with van der Waals surface area (Å²) in [4.78, 5) is 10.3. The predicted octanol–water partition coefficient (Wildman–Crippen LogP) is 4.06. The lowest BCUT2D eigenvalue weighted by molar-refractivity contribution is 1.44. The van der Waals surface area contributed by atoms with E-state index in [1.807, 2.05) is 24.3 Å². The van der Waals surface area contributed by atoms with Crippen LogP contribution in [-0.2, 0) is 0 Å². The number of rotatable bonds is 2. The van der Waals surface area contributed by atoms with Crippen LogP contribution >= 0.6 is 0 Å². The quantitative estimate of drug-likeness (QED) is 0.667. The van der Waals surface area contributed by atoms with Gasteiger partial charge < -0.3 is 0 Å². The highest BCUT2D eigenvalue weighted by Crippen LogP contribution is 2.24. The van der Waals surface area contributed by atoms with Crippen LogP contribution in [0, 0.1) is 11.8 Å². The van der Waals surface area contributed by atoms with Gasteiger partial charge in [0.1, 0.15) is 5.69 Å². The molecule has 74 valence electrons. The van der Waals surface area contributed by atoms with Gasteiger partial charge in [-0.1, -0.05) is 36.4 Å². The molecule has 0 fully saturated rings. The highest BCUT2D eigenvalue weighted by Gasteiger charge is 2.00. The van der Waals surface area contributed by atoms with Crippen LogP contribution in [0.3, 0.4) is 0 Å². The average molecular weight is 197 g/mol. The van der Waals surface area contributed by atoms with Gasteiger partial charge in [0.05, 0.1) is 0 Å². The molecule has 2 nitrogen and oxygen atoms in total. The molecule has 0 saturated heterocycles. The minimum atomic E-state index is 0.465. The van der Waals surface area contributed by atoms with Crippen molar-refractivity contribution in [2.45, 2.75) is 6.92 Å². The fraction of sp³-hybridized carbons (Fsp3) is 0.0769. The molecule has 0 N–H and O–H groups in total. The standard InChI is InChI=1S/C13H11NO/c1-10-4-2-3-5-13(10)11-6-8-12(14-15)9-7-11/h2-9H,1H3. The first-order valence-electron chi connectivity index (χ1n) is 4.80. The Morgan fingerprint density at radius 2 is 1.60 bits per heavy atom. The van der Waals surface area contributed by atoms with Crippen LogP contribution in [0.1, 0.15) is 5.56 Å². The van der Waals surface area contributed by atoms with Crippen molar-refractivity contribution in [3.05, 3.63) is 59.0 Å². The number of benzene rings is 2. The molecule has 0 atom stereocenters. The third-order valence-corrected chi connectivity index (χ3v) is 2.43. The summed E-state index contributed by atoms with van der Waals surface area (Å²) < 4.78 is 0. The second-order valence-electron chi connectivity index (χ2n) is 3.45. The van der Waals surface area contributed by atoms with Crippen molar-refractivity contribution >= 4 is 5.69 Å². The molecule has 0 amide bonds. The van der Waals surface area contributed by atoms with Crippen molar-refractivity contribution in [2.24, 2.45) is 5.18 Å². The third kappa shape index (κ3) is 1.94. The Bertz CT molecular complexity index is 474. The summed E-state index contributed by atoms with van der Waals surface area (Å²) in [5, 5.41) is 2.88. The van der Waals surface area contributed by atoms with Crippen molar-refractivity contribution < 1.29 is 0 Å². The minimum Gasteiger partial charge on any atom is -0.145 e. The molecule has 2 heteroatoms. The maximum atomic E-state index is 10.3. The molecular formula is C13H11NO. The lowest BCUT2D eigenvalue weighted by Crippen LogP contribution is -1.81. The van der Waals surface area contributed by atoms with Crippen LogP contribution in [0.5, 0.6) is 0 Å². The minimum absolute atomic E-state index is 0.465. The van der Waals surface area contributed by atoms with Gasteiger partial charge >= 0.3 is 0 Å². The van der Waals surface area contributed by atoms with Gasteiger partial charge in [0.2, 0.25) is 0 Å². The van der Waals surface area contributed by atoms with Gasteiger partial charge in [0.25, 0.3) is 0 Å². The van der Waals surface area contributed by atoms with E-state index in [0.717, 1.165) is 5.56 Å². The molecule has 0 aromatic heterocycles. The molecule has 2 rings (SSSR count). The molecule has 2 aromatic rings. The third-order valence-electron chi connectivity index (χ3n) is 2.43. The number of aryl methyl sites for hydroxylation is 1. The topological polar surface area (TPSA) is 29.4 Å². The fourth-order valence-electron chi connectivity index (χ4n) is 1.60. The predicted molar refractivity (Wildman–Crippen MR) is 62.1 cm³/mol. The molecule has 0 unspecified atom stereocenters. The highest BCUT2D eigenvalue weighted by molar-refractivity contribution is 5.68. The smallest absolute Gasteiger partial charge is 0.108 e. The Balaban J connectivity index is 2.46. The Labute approximate surface area is 88.5 Å². The van der Waals surface area contributed by atoms with Crippen LogP contribution in [0.4, 0.5) is 5.69 Å². The molecule has 2 aromatic carbocycles. The molecule has 0 spiro atoms. The van der Waals surface area contributed by atoms with E-state index in [1.54, 1.807) is 12.1 Å². The normalized spacial score (nSPS) is 9.93. The lowest BCUT2D eigenvalue weighted by Gasteiger charge is -2.04. The summed E-state index contributed by atoms with van der Waals surface area (Å²) in [5.41, 5.74) is 3.99. The van der Waals surface area contributed by atoms with E-state index in [9.17, 15) is 4.91 Å². The maximum absolute atomic E-state index is 10.3. The van der Waals surface area contributed by atoms with Crippen LogP contribution in [0.25, 0.3) is 11.1 Å². The summed E-state index contributed by atoms with van der Waals surface area (Å²) in [5.74, 6) is 0. The van der Waals surface area contributed by atoms with Crippen molar-refractivity contribution in [2.75, 3.05) is 0 Å². The van der Waals surface area contributed by atoms with Gasteiger partial charge in [-0.05, 0) is 40.9 Å². The molecule has 0 heterocycles. The molecule has 15 heavy (non-hydrogen) atoms. The molecule has 0 aliphatic carbocycles. The number of hydrogen-bond acceptors (Lipinski definition) is 2. The molecule has 0 saturated carbocycles. The van der Waals surface area contributed by atoms with Gasteiger partial charge in [-0.15, -0.1) is 4.91 Å². The first kappa shape index (κ1) is 9.59. The zero-order valence-corrected chi connectivity index (χ0v) is 8.47. The Kier molecular flexibility index (Phi) is 2.59. The van der Waals surface area contributed by atoms with Crippen LogP contribution in [0.15, 0.2) is 53.7 Å².